The fourth-order valence-corrected chi connectivity index (χ4v) is 3.38. The Morgan fingerprint density at radius 2 is 1.86 bits per heavy atom. The number of hydrogen-bond donors (Lipinski definition) is 1. The van der Waals surface area contributed by atoms with Gasteiger partial charge in [0.15, 0.2) is 0 Å². The van der Waals surface area contributed by atoms with Crippen molar-refractivity contribution in [2.45, 2.75) is 20.4 Å². The second-order valence-corrected chi connectivity index (χ2v) is 7.26. The second-order valence-electron chi connectivity index (χ2n) is 6.41. The second kappa shape index (κ2) is 8.39. The summed E-state index contributed by atoms with van der Waals surface area (Å²) in [5, 5.41) is 2.83. The lowest BCUT2D eigenvalue weighted by molar-refractivity contribution is -0.116. The molecule has 0 atom stereocenters. The van der Waals surface area contributed by atoms with Crippen LogP contribution < -0.4 is 15.6 Å². The number of aryl methyl sites for hydroxylation is 2. The van der Waals surface area contributed by atoms with Crippen LogP contribution in [0.5, 0.6) is 5.75 Å². The molecule has 28 heavy (non-hydrogen) atoms. The minimum absolute atomic E-state index is 0.145. The molecule has 0 aliphatic heterocycles. The maximum atomic E-state index is 12.6. The van der Waals surface area contributed by atoms with Gasteiger partial charge in [-0.25, -0.2) is 4.98 Å². The molecular formula is C21H20BrN3O3. The molecule has 0 radical (unpaired) electrons. The number of nitrogens with one attached hydrogen (secondary N) is 1. The highest BCUT2D eigenvalue weighted by molar-refractivity contribution is 9.10. The molecule has 3 rings (SSSR count). The maximum absolute atomic E-state index is 12.6. The van der Waals surface area contributed by atoms with E-state index in [9.17, 15) is 9.59 Å². The van der Waals surface area contributed by atoms with Crippen LogP contribution in [-0.2, 0) is 11.3 Å². The number of rotatable bonds is 5. The van der Waals surface area contributed by atoms with Gasteiger partial charge in [-0.05, 0) is 71.7 Å². The molecule has 7 heteroatoms. The third-order valence-corrected chi connectivity index (χ3v) is 4.84. The summed E-state index contributed by atoms with van der Waals surface area (Å²) >= 11 is 3.44. The van der Waals surface area contributed by atoms with E-state index < -0.39 is 0 Å². The third kappa shape index (κ3) is 4.48. The Bertz CT molecular complexity index is 1080. The Morgan fingerprint density at radius 3 is 2.50 bits per heavy atom. The zero-order valence-electron chi connectivity index (χ0n) is 15.8. The van der Waals surface area contributed by atoms with E-state index in [4.69, 9.17) is 4.74 Å². The van der Waals surface area contributed by atoms with Crippen molar-refractivity contribution >= 4 is 27.5 Å². The van der Waals surface area contributed by atoms with Gasteiger partial charge in [-0.1, -0.05) is 6.07 Å². The third-order valence-electron chi connectivity index (χ3n) is 4.18. The molecule has 0 aliphatic carbocycles. The van der Waals surface area contributed by atoms with Crippen LogP contribution in [0.25, 0.3) is 11.4 Å². The molecule has 2 aromatic carbocycles. The molecule has 144 valence electrons. The minimum Gasteiger partial charge on any atom is -0.497 e. The van der Waals surface area contributed by atoms with E-state index in [1.165, 1.54) is 10.6 Å². The predicted octanol–water partition coefficient (Wildman–Crippen LogP) is 3.94. The number of anilines is 1. The number of benzene rings is 2. The summed E-state index contributed by atoms with van der Waals surface area (Å²) < 4.78 is 7.33. The van der Waals surface area contributed by atoms with Gasteiger partial charge in [0, 0.05) is 21.8 Å². The molecule has 0 spiro atoms. The van der Waals surface area contributed by atoms with Crippen molar-refractivity contribution in [1.82, 2.24) is 9.55 Å². The van der Waals surface area contributed by atoms with Gasteiger partial charge < -0.3 is 10.1 Å². The molecule has 0 fully saturated rings. The van der Waals surface area contributed by atoms with Gasteiger partial charge in [0.25, 0.3) is 5.56 Å². The van der Waals surface area contributed by atoms with Crippen molar-refractivity contribution in [2.75, 3.05) is 12.4 Å². The van der Waals surface area contributed by atoms with Gasteiger partial charge in [0.1, 0.15) is 18.1 Å². The van der Waals surface area contributed by atoms with Crippen LogP contribution in [0.3, 0.4) is 0 Å². The molecule has 1 heterocycles. The van der Waals surface area contributed by atoms with Crippen LogP contribution in [0, 0.1) is 13.8 Å². The van der Waals surface area contributed by atoms with Gasteiger partial charge in [-0.15, -0.1) is 0 Å². The fraction of sp³-hybridized carbons (Fsp3) is 0.190. The molecule has 1 N–H and O–H groups in total. The quantitative estimate of drug-likeness (QED) is 0.650. The van der Waals surface area contributed by atoms with Crippen molar-refractivity contribution in [3.8, 4) is 17.1 Å². The lowest BCUT2D eigenvalue weighted by atomic mass is 10.2. The van der Waals surface area contributed by atoms with E-state index in [1.54, 1.807) is 26.2 Å². The molecule has 3 aromatic rings. The van der Waals surface area contributed by atoms with Crippen LogP contribution in [0.2, 0.25) is 0 Å². The molecule has 1 amide bonds. The predicted molar refractivity (Wildman–Crippen MR) is 113 cm³/mol. The van der Waals surface area contributed by atoms with Crippen molar-refractivity contribution in [2.24, 2.45) is 0 Å². The monoisotopic (exact) mass is 441 g/mol. The highest BCUT2D eigenvalue weighted by Crippen LogP contribution is 2.24. The first-order valence-corrected chi connectivity index (χ1v) is 9.45. The van der Waals surface area contributed by atoms with Crippen molar-refractivity contribution in [1.29, 1.82) is 0 Å². The zero-order chi connectivity index (χ0) is 20.3. The van der Waals surface area contributed by atoms with Gasteiger partial charge in [-0.2, -0.15) is 0 Å². The molecule has 0 bridgehead atoms. The topological polar surface area (TPSA) is 73.2 Å². The Hall–Kier alpha value is -2.93. The Kier molecular flexibility index (Phi) is 5.94. The van der Waals surface area contributed by atoms with E-state index >= 15 is 0 Å². The first-order chi connectivity index (χ1) is 13.4. The fourth-order valence-electron chi connectivity index (χ4n) is 2.79. The van der Waals surface area contributed by atoms with Crippen LogP contribution in [-0.4, -0.2) is 22.6 Å². The Labute approximate surface area is 171 Å². The van der Waals surface area contributed by atoms with Gasteiger partial charge in [0.05, 0.1) is 12.8 Å². The number of hydrogen-bond acceptors (Lipinski definition) is 4. The SMILES string of the molecule is COc1ccc(-c2nc(C)cc(=O)n2CC(=O)Nc2ccc(C)cc2Br)cc1. The van der Waals surface area contributed by atoms with Crippen LogP contribution >= 0.6 is 15.9 Å². The largest absolute Gasteiger partial charge is 0.497 e. The first-order valence-electron chi connectivity index (χ1n) is 8.66. The van der Waals surface area contributed by atoms with Gasteiger partial charge in [0.2, 0.25) is 5.91 Å². The van der Waals surface area contributed by atoms with Crippen molar-refractivity contribution in [3.05, 3.63) is 74.6 Å². The lowest BCUT2D eigenvalue weighted by Crippen LogP contribution is -2.29. The molecule has 0 saturated heterocycles. The summed E-state index contributed by atoms with van der Waals surface area (Å²) in [6, 6.07) is 14.3. The van der Waals surface area contributed by atoms with E-state index in [0.29, 0.717) is 23.0 Å². The van der Waals surface area contributed by atoms with Crippen molar-refractivity contribution < 1.29 is 9.53 Å². The average Bonchev–Trinajstić information content (AvgIpc) is 2.66. The van der Waals surface area contributed by atoms with Crippen molar-refractivity contribution in [3.63, 3.8) is 0 Å². The van der Waals surface area contributed by atoms with E-state index in [2.05, 4.69) is 26.2 Å². The molecule has 0 unspecified atom stereocenters. The normalized spacial score (nSPS) is 10.6. The summed E-state index contributed by atoms with van der Waals surface area (Å²) in [5.74, 6) is 0.824. The number of ether oxygens (including phenoxy) is 1. The maximum Gasteiger partial charge on any atom is 0.254 e. The molecule has 0 saturated carbocycles. The highest BCUT2D eigenvalue weighted by atomic mass is 79.9. The smallest absolute Gasteiger partial charge is 0.254 e. The number of aromatic nitrogens is 2. The zero-order valence-corrected chi connectivity index (χ0v) is 17.4. The van der Waals surface area contributed by atoms with E-state index in [-0.39, 0.29) is 18.0 Å². The summed E-state index contributed by atoms with van der Waals surface area (Å²) in [7, 11) is 1.59. The number of carbonyl (C=O) groups is 1. The molecular weight excluding hydrogens is 422 g/mol. The number of methoxy groups -OCH3 is 1. The summed E-state index contributed by atoms with van der Waals surface area (Å²) in [6.07, 6.45) is 0. The van der Waals surface area contributed by atoms with E-state index in [1.807, 2.05) is 37.3 Å². The molecule has 0 aliphatic rings. The summed E-state index contributed by atoms with van der Waals surface area (Å²) in [6.45, 7) is 3.57. The molecule has 6 nitrogen and oxygen atoms in total. The van der Waals surface area contributed by atoms with Gasteiger partial charge in [-0.3, -0.25) is 14.2 Å². The number of halogens is 1. The lowest BCUT2D eigenvalue weighted by Gasteiger charge is -2.14. The number of amides is 1. The molecule has 1 aromatic heterocycles. The van der Waals surface area contributed by atoms with Crippen LogP contribution in [0.15, 0.2) is 57.8 Å². The summed E-state index contributed by atoms with van der Waals surface area (Å²) in [4.78, 5) is 29.6. The highest BCUT2D eigenvalue weighted by Gasteiger charge is 2.14. The van der Waals surface area contributed by atoms with Gasteiger partial charge >= 0.3 is 0 Å². The van der Waals surface area contributed by atoms with E-state index in [0.717, 1.165) is 15.6 Å². The van der Waals surface area contributed by atoms with Crippen LogP contribution in [0.1, 0.15) is 11.3 Å². The number of carbonyl (C=O) groups excluding carboxylic acids is 1. The Balaban J connectivity index is 1.92. The first kappa shape index (κ1) is 19.8. The number of nitrogens with zero attached hydrogens (tertiary/aromatic N) is 2. The van der Waals surface area contributed by atoms with Crippen LogP contribution in [0.4, 0.5) is 5.69 Å². The Morgan fingerprint density at radius 1 is 1.14 bits per heavy atom. The minimum atomic E-state index is -0.313. The standard InChI is InChI=1S/C21H20BrN3O3/c1-13-4-9-18(17(22)10-13)24-19(26)12-25-20(27)11-14(2)23-21(25)15-5-7-16(28-3)8-6-15/h4-11H,12H2,1-3H3,(H,24,26). The summed E-state index contributed by atoms with van der Waals surface area (Å²) in [5.41, 5.74) is 2.76. The average molecular weight is 442 g/mol.